The zero-order valence-electron chi connectivity index (χ0n) is 10.3. The Balaban J connectivity index is 1.87. The summed E-state index contributed by atoms with van der Waals surface area (Å²) in [5.74, 6) is 0.964. The number of nitrogens with zero attached hydrogens (tertiary/aromatic N) is 3. The van der Waals surface area contributed by atoms with E-state index in [0.717, 1.165) is 29.9 Å². The predicted molar refractivity (Wildman–Crippen MR) is 67.7 cm³/mol. The highest BCUT2D eigenvalue weighted by Gasteiger charge is 2.22. The molecular weight excluding hydrogens is 232 g/mol. The minimum Gasteiger partial charge on any atom is -0.382 e. The Hall–Kier alpha value is -1.66. The molecule has 0 bridgehead atoms. The molecule has 1 fully saturated rings. The Morgan fingerprint density at radius 3 is 3.39 bits per heavy atom. The van der Waals surface area contributed by atoms with Crippen molar-refractivity contribution in [2.45, 2.75) is 6.10 Å². The third-order valence-corrected chi connectivity index (χ3v) is 3.12. The summed E-state index contributed by atoms with van der Waals surface area (Å²) in [5, 5.41) is 1.05. The van der Waals surface area contributed by atoms with Gasteiger partial charge in [0.2, 0.25) is 0 Å². The molecule has 1 N–H and O–H groups in total. The van der Waals surface area contributed by atoms with E-state index in [4.69, 9.17) is 9.47 Å². The number of aromatic amines is 1. The van der Waals surface area contributed by atoms with Crippen LogP contribution in [0.1, 0.15) is 0 Å². The molecule has 1 aliphatic rings. The van der Waals surface area contributed by atoms with Crippen molar-refractivity contribution in [3.05, 3.63) is 18.6 Å². The van der Waals surface area contributed by atoms with Crippen molar-refractivity contribution in [3.8, 4) is 0 Å². The van der Waals surface area contributed by atoms with E-state index in [-0.39, 0.29) is 6.10 Å². The van der Waals surface area contributed by atoms with Crippen LogP contribution in [0.4, 0.5) is 5.82 Å². The summed E-state index contributed by atoms with van der Waals surface area (Å²) in [6.07, 6.45) is 3.58. The van der Waals surface area contributed by atoms with Gasteiger partial charge in [0.15, 0.2) is 0 Å². The van der Waals surface area contributed by atoms with Crippen molar-refractivity contribution < 1.29 is 9.47 Å². The summed E-state index contributed by atoms with van der Waals surface area (Å²) < 4.78 is 10.8. The number of morpholine rings is 1. The highest BCUT2D eigenvalue weighted by molar-refractivity contribution is 5.87. The summed E-state index contributed by atoms with van der Waals surface area (Å²) in [6, 6.07) is 2.01. The topological polar surface area (TPSA) is 63.3 Å². The lowest BCUT2D eigenvalue weighted by molar-refractivity contribution is -0.0101. The summed E-state index contributed by atoms with van der Waals surface area (Å²) in [6.45, 7) is 2.95. The molecule has 2 aromatic heterocycles. The molecule has 0 radical (unpaired) electrons. The van der Waals surface area contributed by atoms with Gasteiger partial charge < -0.3 is 19.4 Å². The quantitative estimate of drug-likeness (QED) is 0.871. The van der Waals surface area contributed by atoms with E-state index in [9.17, 15) is 0 Å². The van der Waals surface area contributed by atoms with Crippen LogP contribution < -0.4 is 4.90 Å². The molecule has 0 aliphatic carbocycles. The van der Waals surface area contributed by atoms with E-state index < -0.39 is 0 Å². The van der Waals surface area contributed by atoms with E-state index in [1.54, 1.807) is 13.4 Å². The number of ether oxygens (including phenoxy) is 2. The van der Waals surface area contributed by atoms with Crippen molar-refractivity contribution >= 4 is 16.9 Å². The number of H-pyrrole nitrogens is 1. The standard InChI is InChI=1S/C12H16N4O2/c1-17-7-9-6-16(4-5-18-9)12-10-2-3-13-11(10)14-8-15-12/h2-3,8-9H,4-7H2,1H3,(H,13,14,15). The highest BCUT2D eigenvalue weighted by atomic mass is 16.5. The van der Waals surface area contributed by atoms with E-state index in [1.165, 1.54) is 0 Å². The zero-order valence-corrected chi connectivity index (χ0v) is 10.3. The first kappa shape index (κ1) is 11.4. The first-order valence-electron chi connectivity index (χ1n) is 6.02. The monoisotopic (exact) mass is 248 g/mol. The first-order chi connectivity index (χ1) is 8.88. The van der Waals surface area contributed by atoms with Crippen molar-refractivity contribution in [2.24, 2.45) is 0 Å². The lowest BCUT2D eigenvalue weighted by Gasteiger charge is -2.33. The molecule has 0 saturated carbocycles. The van der Waals surface area contributed by atoms with Crippen molar-refractivity contribution in [1.82, 2.24) is 15.0 Å². The number of hydrogen-bond donors (Lipinski definition) is 1. The number of anilines is 1. The molecule has 1 saturated heterocycles. The minimum absolute atomic E-state index is 0.104. The Bertz CT molecular complexity index is 526. The smallest absolute Gasteiger partial charge is 0.142 e. The predicted octanol–water partition coefficient (Wildman–Crippen LogP) is 0.809. The van der Waals surface area contributed by atoms with Gasteiger partial charge in [0.1, 0.15) is 17.8 Å². The molecule has 3 heterocycles. The molecule has 3 rings (SSSR count). The fourth-order valence-corrected chi connectivity index (χ4v) is 2.31. The Labute approximate surface area is 105 Å². The van der Waals surface area contributed by atoms with E-state index in [2.05, 4.69) is 19.9 Å². The maximum absolute atomic E-state index is 5.65. The molecule has 96 valence electrons. The maximum Gasteiger partial charge on any atom is 0.142 e. The number of hydrogen-bond acceptors (Lipinski definition) is 5. The summed E-state index contributed by atoms with van der Waals surface area (Å²) in [4.78, 5) is 13.9. The van der Waals surface area contributed by atoms with E-state index in [1.807, 2.05) is 12.3 Å². The van der Waals surface area contributed by atoms with Crippen LogP contribution in [0, 0.1) is 0 Å². The Morgan fingerprint density at radius 2 is 2.50 bits per heavy atom. The molecule has 6 nitrogen and oxygen atoms in total. The second-order valence-corrected chi connectivity index (χ2v) is 4.33. The van der Waals surface area contributed by atoms with Crippen molar-refractivity contribution in [1.29, 1.82) is 0 Å². The second-order valence-electron chi connectivity index (χ2n) is 4.33. The Morgan fingerprint density at radius 1 is 1.56 bits per heavy atom. The van der Waals surface area contributed by atoms with Gasteiger partial charge in [-0.05, 0) is 6.07 Å². The molecular formula is C12H16N4O2. The average Bonchev–Trinajstić information content (AvgIpc) is 2.87. The van der Waals surface area contributed by atoms with Crippen molar-refractivity contribution in [2.75, 3.05) is 38.3 Å². The van der Waals surface area contributed by atoms with E-state index in [0.29, 0.717) is 13.2 Å². The van der Waals surface area contributed by atoms with Gasteiger partial charge in [-0.2, -0.15) is 0 Å². The van der Waals surface area contributed by atoms with Crippen LogP contribution in [0.3, 0.4) is 0 Å². The fraction of sp³-hybridized carbons (Fsp3) is 0.500. The van der Waals surface area contributed by atoms with Crippen LogP contribution in [0.2, 0.25) is 0 Å². The summed E-state index contributed by atoms with van der Waals surface area (Å²) in [5.41, 5.74) is 0.870. The number of aromatic nitrogens is 3. The lowest BCUT2D eigenvalue weighted by atomic mass is 10.2. The zero-order chi connectivity index (χ0) is 12.4. The number of rotatable bonds is 3. The number of nitrogens with one attached hydrogen (secondary N) is 1. The third kappa shape index (κ3) is 2.04. The SMILES string of the molecule is COCC1CN(c2ncnc3[nH]ccc23)CCO1. The molecule has 6 heteroatoms. The molecule has 1 aliphatic heterocycles. The summed E-state index contributed by atoms with van der Waals surface area (Å²) in [7, 11) is 1.69. The van der Waals surface area contributed by atoms with Gasteiger partial charge in [-0.15, -0.1) is 0 Å². The molecule has 1 atom stereocenters. The van der Waals surface area contributed by atoms with Gasteiger partial charge in [0, 0.05) is 26.4 Å². The van der Waals surface area contributed by atoms with Crippen LogP contribution in [-0.4, -0.2) is 54.5 Å². The molecule has 1 unspecified atom stereocenters. The van der Waals surface area contributed by atoms with Gasteiger partial charge in [0.05, 0.1) is 24.7 Å². The molecule has 0 spiro atoms. The Kier molecular flexibility index (Phi) is 3.12. The van der Waals surface area contributed by atoms with E-state index >= 15 is 0 Å². The van der Waals surface area contributed by atoms with Crippen LogP contribution in [-0.2, 0) is 9.47 Å². The van der Waals surface area contributed by atoms with Gasteiger partial charge in [-0.3, -0.25) is 0 Å². The van der Waals surface area contributed by atoms with Gasteiger partial charge in [-0.25, -0.2) is 9.97 Å². The third-order valence-electron chi connectivity index (χ3n) is 3.12. The van der Waals surface area contributed by atoms with Crippen molar-refractivity contribution in [3.63, 3.8) is 0 Å². The van der Waals surface area contributed by atoms with Crippen LogP contribution in [0.15, 0.2) is 18.6 Å². The van der Waals surface area contributed by atoms with Crippen LogP contribution in [0.25, 0.3) is 11.0 Å². The first-order valence-corrected chi connectivity index (χ1v) is 6.02. The summed E-state index contributed by atoms with van der Waals surface area (Å²) >= 11 is 0. The molecule has 0 aromatic carbocycles. The van der Waals surface area contributed by atoms with Crippen LogP contribution >= 0.6 is 0 Å². The van der Waals surface area contributed by atoms with Gasteiger partial charge in [0.25, 0.3) is 0 Å². The second kappa shape index (κ2) is 4.91. The highest BCUT2D eigenvalue weighted by Crippen LogP contribution is 2.23. The lowest BCUT2D eigenvalue weighted by Crippen LogP contribution is -2.44. The minimum atomic E-state index is 0.104. The van der Waals surface area contributed by atoms with Crippen LogP contribution in [0.5, 0.6) is 0 Å². The number of fused-ring (bicyclic) bond motifs is 1. The van der Waals surface area contributed by atoms with Gasteiger partial charge >= 0.3 is 0 Å². The average molecular weight is 248 g/mol. The fourth-order valence-electron chi connectivity index (χ4n) is 2.31. The number of methoxy groups -OCH3 is 1. The van der Waals surface area contributed by atoms with Gasteiger partial charge in [-0.1, -0.05) is 0 Å². The molecule has 18 heavy (non-hydrogen) atoms. The normalized spacial score (nSPS) is 20.5. The largest absolute Gasteiger partial charge is 0.382 e. The maximum atomic E-state index is 5.65. The molecule has 0 amide bonds. The molecule has 2 aromatic rings.